The maximum absolute atomic E-state index is 3.83. The summed E-state index contributed by atoms with van der Waals surface area (Å²) >= 11 is 3.83. The molecule has 0 aromatic heterocycles. The molecule has 0 saturated heterocycles. The van der Waals surface area contributed by atoms with Gasteiger partial charge in [0.15, 0.2) is 0 Å². The third kappa shape index (κ3) is 2.10. The Kier molecular flexibility index (Phi) is 3.61. The van der Waals surface area contributed by atoms with Crippen molar-refractivity contribution in [3.05, 3.63) is 57.6 Å². The average Bonchev–Trinajstić information content (AvgIpc) is 2.54. The number of aryl methyl sites for hydroxylation is 1. The van der Waals surface area contributed by atoms with E-state index < -0.39 is 0 Å². The molecule has 0 amide bonds. The molecule has 4 aromatic rings. The molecule has 24 heavy (non-hydrogen) atoms. The Hall–Kier alpha value is -1.60. The molecule has 0 saturated carbocycles. The smallest absolute Gasteiger partial charge is 0.0257 e. The maximum atomic E-state index is 3.83. The molecule has 1 heteroatoms. The Morgan fingerprint density at radius 1 is 0.667 bits per heavy atom. The van der Waals surface area contributed by atoms with Gasteiger partial charge in [-0.3, -0.25) is 0 Å². The van der Waals surface area contributed by atoms with Gasteiger partial charge in [0.2, 0.25) is 0 Å². The van der Waals surface area contributed by atoms with E-state index in [2.05, 4.69) is 86.9 Å². The standard InChI is InChI=1S/C23H23Br/c1-12(2)19-10-14(5)15-6-7-17-20(13(3)4)11-21(24)18-9-8-16(19)22(15)23(17)18/h6-13H,1-5H3. The van der Waals surface area contributed by atoms with Crippen molar-refractivity contribution in [2.75, 3.05) is 0 Å². The van der Waals surface area contributed by atoms with Crippen molar-refractivity contribution >= 4 is 48.2 Å². The summed E-state index contributed by atoms with van der Waals surface area (Å²) in [4.78, 5) is 0. The third-order valence-electron chi connectivity index (χ3n) is 5.36. The van der Waals surface area contributed by atoms with Crippen LogP contribution in [0.1, 0.15) is 56.2 Å². The van der Waals surface area contributed by atoms with Crippen LogP contribution in [0.5, 0.6) is 0 Å². The Morgan fingerprint density at radius 3 is 1.71 bits per heavy atom. The average molecular weight is 379 g/mol. The van der Waals surface area contributed by atoms with Crippen LogP contribution in [-0.2, 0) is 0 Å². The lowest BCUT2D eigenvalue weighted by Gasteiger charge is -2.20. The fourth-order valence-corrected chi connectivity index (χ4v) is 4.72. The molecule has 0 nitrogen and oxygen atoms in total. The van der Waals surface area contributed by atoms with Crippen molar-refractivity contribution in [1.82, 2.24) is 0 Å². The summed E-state index contributed by atoms with van der Waals surface area (Å²) in [7, 11) is 0. The van der Waals surface area contributed by atoms with Crippen LogP contribution in [0, 0.1) is 6.92 Å². The Labute approximate surface area is 152 Å². The van der Waals surface area contributed by atoms with Crippen LogP contribution >= 0.6 is 15.9 Å². The van der Waals surface area contributed by atoms with Gasteiger partial charge in [0.25, 0.3) is 0 Å². The second-order valence-electron chi connectivity index (χ2n) is 7.61. The second kappa shape index (κ2) is 5.46. The van der Waals surface area contributed by atoms with Gasteiger partial charge in [0.05, 0.1) is 0 Å². The van der Waals surface area contributed by atoms with Crippen molar-refractivity contribution in [2.45, 2.75) is 46.5 Å². The molecule has 0 heterocycles. The molecule has 0 spiro atoms. The van der Waals surface area contributed by atoms with Crippen LogP contribution in [0.4, 0.5) is 0 Å². The normalized spacial score (nSPS) is 12.5. The van der Waals surface area contributed by atoms with Gasteiger partial charge in [-0.25, -0.2) is 0 Å². The summed E-state index contributed by atoms with van der Waals surface area (Å²) in [6, 6.07) is 13.9. The molecule has 0 atom stereocenters. The highest BCUT2D eigenvalue weighted by atomic mass is 79.9. The molecular weight excluding hydrogens is 356 g/mol. The van der Waals surface area contributed by atoms with Gasteiger partial charge in [0.1, 0.15) is 0 Å². The quantitative estimate of drug-likeness (QED) is 0.311. The van der Waals surface area contributed by atoms with E-state index in [1.165, 1.54) is 53.5 Å². The van der Waals surface area contributed by atoms with E-state index in [0.717, 1.165) is 0 Å². The topological polar surface area (TPSA) is 0 Å². The van der Waals surface area contributed by atoms with E-state index in [9.17, 15) is 0 Å². The highest BCUT2D eigenvalue weighted by Crippen LogP contribution is 2.43. The Morgan fingerprint density at radius 2 is 1.12 bits per heavy atom. The lowest BCUT2D eigenvalue weighted by Crippen LogP contribution is -1.97. The molecule has 0 radical (unpaired) electrons. The molecule has 0 aliphatic heterocycles. The van der Waals surface area contributed by atoms with E-state index in [1.54, 1.807) is 0 Å². The number of benzene rings is 4. The zero-order chi connectivity index (χ0) is 17.2. The predicted molar refractivity (Wildman–Crippen MR) is 111 cm³/mol. The van der Waals surface area contributed by atoms with Gasteiger partial charge in [0, 0.05) is 4.47 Å². The van der Waals surface area contributed by atoms with E-state index in [0.29, 0.717) is 11.8 Å². The summed E-state index contributed by atoms with van der Waals surface area (Å²) in [6.07, 6.45) is 0. The molecule has 4 rings (SSSR count). The second-order valence-corrected chi connectivity index (χ2v) is 8.47. The molecule has 0 unspecified atom stereocenters. The summed E-state index contributed by atoms with van der Waals surface area (Å²) in [5, 5.41) is 8.40. The van der Waals surface area contributed by atoms with Crippen LogP contribution < -0.4 is 0 Å². The first-order chi connectivity index (χ1) is 11.4. The summed E-state index contributed by atoms with van der Waals surface area (Å²) in [6.45, 7) is 11.4. The van der Waals surface area contributed by atoms with Gasteiger partial charge in [-0.15, -0.1) is 0 Å². The molecule has 0 aliphatic carbocycles. The monoisotopic (exact) mass is 378 g/mol. The van der Waals surface area contributed by atoms with Crippen molar-refractivity contribution in [1.29, 1.82) is 0 Å². The number of hydrogen-bond donors (Lipinski definition) is 0. The Bertz CT molecular complexity index is 982. The van der Waals surface area contributed by atoms with E-state index in [-0.39, 0.29) is 0 Å². The molecule has 0 N–H and O–H groups in total. The molecule has 0 aliphatic rings. The van der Waals surface area contributed by atoms with Crippen molar-refractivity contribution < 1.29 is 0 Å². The van der Waals surface area contributed by atoms with Gasteiger partial charge in [-0.1, -0.05) is 74.0 Å². The predicted octanol–water partition coefficient (Wildman–Crippen LogP) is 7.90. The molecule has 0 fully saturated rings. The van der Waals surface area contributed by atoms with Crippen molar-refractivity contribution in [3.63, 3.8) is 0 Å². The SMILES string of the molecule is Cc1cc(C(C)C)c2ccc3c(Br)cc(C(C)C)c4ccc1c2c34. The molecule has 0 bridgehead atoms. The largest absolute Gasteiger partial charge is 0.0587 e. The lowest BCUT2D eigenvalue weighted by atomic mass is 9.84. The first-order valence-corrected chi connectivity index (χ1v) is 9.59. The number of hydrogen-bond acceptors (Lipinski definition) is 0. The first-order valence-electron chi connectivity index (χ1n) is 8.80. The van der Waals surface area contributed by atoms with Crippen LogP contribution in [0.3, 0.4) is 0 Å². The fourth-order valence-electron chi connectivity index (χ4n) is 4.14. The molecular formula is C23H23Br. The highest BCUT2D eigenvalue weighted by molar-refractivity contribution is 9.10. The number of halogens is 1. The van der Waals surface area contributed by atoms with E-state index >= 15 is 0 Å². The van der Waals surface area contributed by atoms with Gasteiger partial charge >= 0.3 is 0 Å². The van der Waals surface area contributed by atoms with Gasteiger partial charge < -0.3 is 0 Å². The van der Waals surface area contributed by atoms with Crippen molar-refractivity contribution in [3.8, 4) is 0 Å². The van der Waals surface area contributed by atoms with E-state index in [1.807, 2.05) is 0 Å². The van der Waals surface area contributed by atoms with Crippen molar-refractivity contribution in [2.24, 2.45) is 0 Å². The molecule has 4 aromatic carbocycles. The highest BCUT2D eigenvalue weighted by Gasteiger charge is 2.18. The lowest BCUT2D eigenvalue weighted by molar-refractivity contribution is 0.874. The van der Waals surface area contributed by atoms with Crippen LogP contribution in [0.25, 0.3) is 32.3 Å². The Balaban J connectivity index is 2.34. The van der Waals surface area contributed by atoms with E-state index in [4.69, 9.17) is 0 Å². The third-order valence-corrected chi connectivity index (χ3v) is 6.02. The summed E-state index contributed by atoms with van der Waals surface area (Å²) in [5.74, 6) is 1.04. The van der Waals surface area contributed by atoms with Crippen LogP contribution in [0.2, 0.25) is 0 Å². The van der Waals surface area contributed by atoms with Crippen LogP contribution in [0.15, 0.2) is 40.9 Å². The molecule has 122 valence electrons. The minimum atomic E-state index is 0.511. The van der Waals surface area contributed by atoms with Crippen LogP contribution in [-0.4, -0.2) is 0 Å². The zero-order valence-corrected chi connectivity index (χ0v) is 16.6. The minimum absolute atomic E-state index is 0.511. The van der Waals surface area contributed by atoms with Gasteiger partial charge in [-0.05, 0) is 73.8 Å². The fraction of sp³-hybridized carbons (Fsp3) is 0.304. The maximum Gasteiger partial charge on any atom is 0.0257 e. The summed E-state index contributed by atoms with van der Waals surface area (Å²) < 4.78 is 1.21. The minimum Gasteiger partial charge on any atom is -0.0587 e. The zero-order valence-electron chi connectivity index (χ0n) is 15.0. The number of rotatable bonds is 2. The first kappa shape index (κ1) is 15.9. The van der Waals surface area contributed by atoms with Gasteiger partial charge in [-0.2, -0.15) is 0 Å². The summed E-state index contributed by atoms with van der Waals surface area (Å²) in [5.41, 5.74) is 4.27.